The minimum Gasteiger partial charge on any atom is -0.420 e. The summed E-state index contributed by atoms with van der Waals surface area (Å²) in [7, 11) is 0. The zero-order valence-electron chi connectivity index (χ0n) is 11.9. The van der Waals surface area contributed by atoms with E-state index in [4.69, 9.17) is 27.5 Å². The number of rotatable bonds is 3. The van der Waals surface area contributed by atoms with Gasteiger partial charge in [-0.15, -0.1) is 6.42 Å². The van der Waals surface area contributed by atoms with Crippen LogP contribution in [0.2, 0.25) is 5.02 Å². The third kappa shape index (κ3) is 2.27. The summed E-state index contributed by atoms with van der Waals surface area (Å²) in [5, 5.41) is 0.585. The molecular weight excluding hydrogens is 300 g/mol. The molecule has 22 heavy (non-hydrogen) atoms. The number of carbonyl (C=O) groups is 1. The van der Waals surface area contributed by atoms with Crippen LogP contribution in [0.15, 0.2) is 48.5 Å². The first-order chi connectivity index (χ1) is 10.6. The molecule has 0 unspecified atom stereocenters. The Hall–Kier alpha value is -2.28. The van der Waals surface area contributed by atoms with Gasteiger partial charge in [0.25, 0.3) is 5.79 Å². The minimum atomic E-state index is -1.34. The Morgan fingerprint density at radius 2 is 1.91 bits per heavy atom. The Bertz CT molecular complexity index is 761. The molecule has 0 spiro atoms. The molecule has 1 aliphatic heterocycles. The third-order valence-electron chi connectivity index (χ3n) is 3.54. The first-order valence-electron chi connectivity index (χ1n) is 6.79. The van der Waals surface area contributed by atoms with Gasteiger partial charge in [0.1, 0.15) is 6.10 Å². The standard InChI is InChI=1S/C18H13ClO3/c1-3-12(2)21-18(13-8-10-14(19)11-9-13)16-7-5-4-6-15(16)17(20)22-18/h1,4-12H,2H3/t12-,18+/m0/s1. The molecule has 1 aliphatic rings. The topological polar surface area (TPSA) is 35.5 Å². The SMILES string of the molecule is C#C[C@H](C)O[C@]1(c2ccc(Cl)cc2)OC(=O)c2ccccc21. The maximum atomic E-state index is 12.2. The van der Waals surface area contributed by atoms with Crippen LogP contribution in [0.4, 0.5) is 0 Å². The summed E-state index contributed by atoms with van der Waals surface area (Å²) < 4.78 is 11.6. The molecule has 0 aromatic heterocycles. The number of carbonyl (C=O) groups excluding carboxylic acids is 1. The van der Waals surface area contributed by atoms with E-state index in [2.05, 4.69) is 5.92 Å². The van der Waals surface area contributed by atoms with E-state index in [9.17, 15) is 4.79 Å². The van der Waals surface area contributed by atoms with Crippen LogP contribution in [0, 0.1) is 12.3 Å². The number of hydrogen-bond acceptors (Lipinski definition) is 3. The van der Waals surface area contributed by atoms with E-state index in [0.717, 1.165) is 0 Å². The predicted octanol–water partition coefficient (Wildman–Crippen LogP) is 3.75. The van der Waals surface area contributed by atoms with E-state index < -0.39 is 17.9 Å². The van der Waals surface area contributed by atoms with Crippen LogP contribution in [-0.4, -0.2) is 12.1 Å². The first-order valence-corrected chi connectivity index (χ1v) is 7.17. The fraction of sp³-hybridized carbons (Fsp3) is 0.167. The highest BCUT2D eigenvalue weighted by molar-refractivity contribution is 6.30. The van der Waals surface area contributed by atoms with Gasteiger partial charge in [0.2, 0.25) is 0 Å². The van der Waals surface area contributed by atoms with Crippen molar-refractivity contribution in [3.8, 4) is 12.3 Å². The highest BCUT2D eigenvalue weighted by Gasteiger charge is 2.49. The van der Waals surface area contributed by atoms with E-state index in [1.54, 1.807) is 49.4 Å². The molecule has 1 heterocycles. The lowest BCUT2D eigenvalue weighted by molar-refractivity contribution is -0.186. The molecule has 0 fully saturated rings. The van der Waals surface area contributed by atoms with Crippen molar-refractivity contribution >= 4 is 17.6 Å². The number of terminal acetylenes is 1. The zero-order chi connectivity index (χ0) is 15.7. The molecule has 0 N–H and O–H groups in total. The van der Waals surface area contributed by atoms with Crippen LogP contribution in [-0.2, 0) is 15.3 Å². The van der Waals surface area contributed by atoms with Gasteiger partial charge in [-0.1, -0.05) is 47.9 Å². The fourth-order valence-corrected chi connectivity index (χ4v) is 2.64. The second-order valence-electron chi connectivity index (χ2n) is 4.99. The Labute approximate surface area is 133 Å². The second-order valence-corrected chi connectivity index (χ2v) is 5.42. The summed E-state index contributed by atoms with van der Waals surface area (Å²) in [6.07, 6.45) is 4.90. The van der Waals surface area contributed by atoms with Crippen LogP contribution in [0.1, 0.15) is 28.4 Å². The lowest BCUT2D eigenvalue weighted by Gasteiger charge is -2.30. The van der Waals surface area contributed by atoms with Crippen molar-refractivity contribution in [1.82, 2.24) is 0 Å². The maximum Gasteiger partial charge on any atom is 0.341 e. The average molecular weight is 313 g/mol. The normalized spacial score (nSPS) is 20.9. The number of fused-ring (bicyclic) bond motifs is 1. The van der Waals surface area contributed by atoms with Gasteiger partial charge in [0, 0.05) is 16.1 Å². The van der Waals surface area contributed by atoms with Crippen LogP contribution < -0.4 is 0 Å². The molecule has 110 valence electrons. The number of ether oxygens (including phenoxy) is 2. The molecule has 0 radical (unpaired) electrons. The van der Waals surface area contributed by atoms with Crippen LogP contribution in [0.5, 0.6) is 0 Å². The van der Waals surface area contributed by atoms with E-state index in [1.165, 1.54) is 0 Å². The fourth-order valence-electron chi connectivity index (χ4n) is 2.51. The van der Waals surface area contributed by atoms with Gasteiger partial charge in [-0.05, 0) is 25.1 Å². The molecule has 0 saturated heterocycles. The largest absolute Gasteiger partial charge is 0.420 e. The van der Waals surface area contributed by atoms with Gasteiger partial charge in [0.05, 0.1) is 5.56 Å². The van der Waals surface area contributed by atoms with Crippen molar-refractivity contribution in [2.75, 3.05) is 0 Å². The monoisotopic (exact) mass is 312 g/mol. The second kappa shape index (κ2) is 5.49. The Balaban J connectivity index is 2.20. The number of esters is 1. The lowest BCUT2D eigenvalue weighted by Crippen LogP contribution is -2.34. The van der Waals surface area contributed by atoms with Crippen molar-refractivity contribution in [2.45, 2.75) is 18.8 Å². The highest BCUT2D eigenvalue weighted by atomic mass is 35.5. The lowest BCUT2D eigenvalue weighted by atomic mass is 9.95. The molecule has 2 atom stereocenters. The number of cyclic esters (lactones) is 1. The predicted molar refractivity (Wildman–Crippen MR) is 83.5 cm³/mol. The van der Waals surface area contributed by atoms with Gasteiger partial charge >= 0.3 is 5.97 Å². The molecule has 2 aromatic rings. The molecule has 0 aliphatic carbocycles. The van der Waals surface area contributed by atoms with E-state index in [0.29, 0.717) is 21.7 Å². The van der Waals surface area contributed by atoms with E-state index in [1.807, 2.05) is 6.07 Å². The smallest absolute Gasteiger partial charge is 0.341 e. The minimum absolute atomic E-state index is 0.435. The third-order valence-corrected chi connectivity index (χ3v) is 3.79. The summed E-state index contributed by atoms with van der Waals surface area (Å²) in [6.45, 7) is 1.73. The molecule has 0 amide bonds. The highest BCUT2D eigenvalue weighted by Crippen LogP contribution is 2.43. The zero-order valence-corrected chi connectivity index (χ0v) is 12.6. The van der Waals surface area contributed by atoms with Crippen molar-refractivity contribution < 1.29 is 14.3 Å². The maximum absolute atomic E-state index is 12.2. The average Bonchev–Trinajstić information content (AvgIpc) is 2.82. The summed E-state index contributed by atoms with van der Waals surface area (Å²) in [5.74, 6) is 0.725. The van der Waals surface area contributed by atoms with E-state index in [-0.39, 0.29) is 0 Å². The molecular formula is C18H13ClO3. The molecule has 3 nitrogen and oxygen atoms in total. The first kappa shape index (κ1) is 14.6. The summed E-state index contributed by atoms with van der Waals surface area (Å²) in [5.41, 5.74) is 1.78. The number of hydrogen-bond donors (Lipinski definition) is 0. The number of benzene rings is 2. The Morgan fingerprint density at radius 3 is 2.59 bits per heavy atom. The summed E-state index contributed by atoms with van der Waals surface area (Å²) in [6, 6.07) is 14.1. The summed E-state index contributed by atoms with van der Waals surface area (Å²) in [4.78, 5) is 12.2. The number of halogens is 1. The van der Waals surface area contributed by atoms with Gasteiger partial charge in [0.15, 0.2) is 0 Å². The van der Waals surface area contributed by atoms with Crippen molar-refractivity contribution in [1.29, 1.82) is 0 Å². The van der Waals surface area contributed by atoms with E-state index >= 15 is 0 Å². The van der Waals surface area contributed by atoms with Crippen molar-refractivity contribution in [3.63, 3.8) is 0 Å². The van der Waals surface area contributed by atoms with Gasteiger partial charge < -0.3 is 9.47 Å². The quantitative estimate of drug-likeness (QED) is 0.639. The summed E-state index contributed by atoms with van der Waals surface area (Å²) >= 11 is 5.94. The van der Waals surface area contributed by atoms with Crippen molar-refractivity contribution in [2.24, 2.45) is 0 Å². The van der Waals surface area contributed by atoms with Gasteiger partial charge in [-0.25, -0.2) is 4.79 Å². The molecule has 0 bridgehead atoms. The molecule has 2 aromatic carbocycles. The molecule has 0 saturated carbocycles. The Kier molecular flexibility index (Phi) is 3.66. The molecule has 3 rings (SSSR count). The molecule has 4 heteroatoms. The van der Waals surface area contributed by atoms with Crippen molar-refractivity contribution in [3.05, 3.63) is 70.2 Å². The van der Waals surface area contributed by atoms with Crippen LogP contribution >= 0.6 is 11.6 Å². The van der Waals surface area contributed by atoms with Crippen LogP contribution in [0.3, 0.4) is 0 Å². The van der Waals surface area contributed by atoms with Gasteiger partial charge in [-0.3, -0.25) is 0 Å². The van der Waals surface area contributed by atoms with Crippen LogP contribution in [0.25, 0.3) is 0 Å². The van der Waals surface area contributed by atoms with Gasteiger partial charge in [-0.2, -0.15) is 0 Å². The Morgan fingerprint density at radius 1 is 1.23 bits per heavy atom.